The van der Waals surface area contributed by atoms with E-state index in [1.54, 1.807) is 20.2 Å². The molecule has 116 valence electrons. The van der Waals surface area contributed by atoms with E-state index in [2.05, 4.69) is 40.4 Å². The van der Waals surface area contributed by atoms with Crippen LogP contribution in [0.2, 0.25) is 18.1 Å². The van der Waals surface area contributed by atoms with Crippen molar-refractivity contribution in [3.8, 4) is 0 Å². The van der Waals surface area contributed by atoms with Crippen LogP contribution < -0.4 is 0 Å². The summed E-state index contributed by atoms with van der Waals surface area (Å²) in [6, 6.07) is 0. The lowest BCUT2D eigenvalue weighted by molar-refractivity contribution is -0.124. The molecule has 0 aliphatic heterocycles. The molecule has 1 amide bonds. The van der Waals surface area contributed by atoms with Crippen molar-refractivity contribution in [2.24, 2.45) is 0 Å². The maximum atomic E-state index is 11.8. The van der Waals surface area contributed by atoms with E-state index in [1.807, 2.05) is 6.92 Å². The van der Waals surface area contributed by atoms with Crippen molar-refractivity contribution in [2.45, 2.75) is 45.8 Å². The highest BCUT2D eigenvalue weighted by molar-refractivity contribution is 6.74. The van der Waals surface area contributed by atoms with E-state index in [-0.39, 0.29) is 10.9 Å². The second-order valence-electron chi connectivity index (χ2n) is 6.48. The van der Waals surface area contributed by atoms with Crippen LogP contribution in [0.15, 0.2) is 24.2 Å². The third kappa shape index (κ3) is 5.41. The van der Waals surface area contributed by atoms with Crippen LogP contribution in [0.25, 0.3) is 0 Å². The summed E-state index contributed by atoms with van der Waals surface area (Å²) in [7, 11) is 1.39. The van der Waals surface area contributed by atoms with Crippen molar-refractivity contribution in [1.82, 2.24) is 4.90 Å². The van der Waals surface area contributed by atoms with Crippen LogP contribution >= 0.6 is 0 Å². The lowest BCUT2D eigenvalue weighted by Gasteiger charge is -2.36. The topological polar surface area (TPSA) is 38.8 Å². The van der Waals surface area contributed by atoms with Crippen LogP contribution in [0.4, 0.5) is 0 Å². The first-order chi connectivity index (χ1) is 8.92. The maximum absolute atomic E-state index is 11.8. The molecule has 0 aliphatic carbocycles. The summed E-state index contributed by atoms with van der Waals surface area (Å²) >= 11 is 0. The molecule has 0 aromatic heterocycles. The summed E-state index contributed by atoms with van der Waals surface area (Å²) in [5.74, 6) is 0.236. The van der Waals surface area contributed by atoms with Gasteiger partial charge in [0, 0.05) is 25.7 Å². The van der Waals surface area contributed by atoms with Gasteiger partial charge in [-0.05, 0) is 25.1 Å². The summed E-state index contributed by atoms with van der Waals surface area (Å²) in [5, 5.41) is 0.0656. The first-order valence-corrected chi connectivity index (χ1v) is 9.77. The van der Waals surface area contributed by atoms with Gasteiger partial charge in [-0.1, -0.05) is 27.4 Å². The number of hydrogen-bond donors (Lipinski definition) is 0. The van der Waals surface area contributed by atoms with Gasteiger partial charge in [0.25, 0.3) is 20.2 Å². The number of rotatable bonds is 6. The summed E-state index contributed by atoms with van der Waals surface area (Å²) in [6.07, 6.45) is 1.59. The Morgan fingerprint density at radius 2 is 1.80 bits per heavy atom. The minimum atomic E-state index is -1.99. The fraction of sp³-hybridized carbons (Fsp3) is 0.667. The number of carbonyl (C=O) groups excluding carboxylic acids is 1. The number of nitrogens with zero attached hydrogens (tertiary/aromatic N) is 1. The molecule has 0 unspecified atom stereocenters. The zero-order chi connectivity index (χ0) is 16.1. The summed E-state index contributed by atoms with van der Waals surface area (Å²) < 4.78 is 11.6. The van der Waals surface area contributed by atoms with Gasteiger partial charge in [0.2, 0.25) is 0 Å². The Balaban J connectivity index is 5.17. The van der Waals surface area contributed by atoms with Crippen molar-refractivity contribution in [3.05, 3.63) is 24.2 Å². The molecule has 0 aliphatic rings. The molecule has 0 heterocycles. The lowest BCUT2D eigenvalue weighted by Crippen LogP contribution is -2.40. The van der Waals surface area contributed by atoms with E-state index in [4.69, 9.17) is 9.16 Å². The minimum Gasteiger partial charge on any atom is -0.519 e. The van der Waals surface area contributed by atoms with Crippen LogP contribution in [0.5, 0.6) is 0 Å². The van der Waals surface area contributed by atoms with Crippen LogP contribution in [0.1, 0.15) is 27.7 Å². The number of likely N-dealkylation sites (N-methyl/N-ethyl adjacent to an activating group) is 1. The van der Waals surface area contributed by atoms with E-state index in [0.29, 0.717) is 18.1 Å². The summed E-state index contributed by atoms with van der Waals surface area (Å²) in [4.78, 5) is 13.3. The summed E-state index contributed by atoms with van der Waals surface area (Å²) in [6.45, 7) is 16.9. The molecule has 0 fully saturated rings. The van der Waals surface area contributed by atoms with Crippen molar-refractivity contribution in [1.29, 1.82) is 0 Å². The molecule has 5 heteroatoms. The normalized spacial score (nSPS) is 12.9. The Labute approximate surface area is 124 Å². The van der Waals surface area contributed by atoms with Gasteiger partial charge in [0.15, 0.2) is 0 Å². The zero-order valence-corrected chi connectivity index (χ0v) is 15.2. The van der Waals surface area contributed by atoms with Gasteiger partial charge in [-0.25, -0.2) is 0 Å². The molecular formula is C15H29NO3Si. The molecule has 0 radical (unpaired) electrons. The van der Waals surface area contributed by atoms with E-state index < -0.39 is 8.32 Å². The number of ether oxygens (including phenoxy) is 1. The molecule has 0 saturated carbocycles. The molecule has 0 bridgehead atoms. The molecule has 0 aromatic carbocycles. The predicted molar refractivity (Wildman–Crippen MR) is 85.8 cm³/mol. The monoisotopic (exact) mass is 299 g/mol. The van der Waals surface area contributed by atoms with Crippen molar-refractivity contribution in [2.75, 3.05) is 20.7 Å². The lowest BCUT2D eigenvalue weighted by atomic mass is 10.2. The third-order valence-electron chi connectivity index (χ3n) is 3.42. The third-order valence-corrected chi connectivity index (χ3v) is 7.75. The molecule has 0 aromatic rings. The first kappa shape index (κ1) is 18.8. The summed E-state index contributed by atoms with van der Waals surface area (Å²) in [5.41, 5.74) is 0.358. The highest BCUT2D eigenvalue weighted by atomic mass is 28.4. The van der Waals surface area contributed by atoms with Gasteiger partial charge in [0.05, 0.1) is 6.61 Å². The molecule has 0 rings (SSSR count). The van der Waals surface area contributed by atoms with Gasteiger partial charge in [0.1, 0.15) is 0 Å². The van der Waals surface area contributed by atoms with Crippen LogP contribution in [0, 0.1) is 0 Å². The number of amides is 1. The Kier molecular flexibility index (Phi) is 6.54. The predicted octanol–water partition coefficient (Wildman–Crippen LogP) is 3.53. The molecule has 0 N–H and O–H groups in total. The minimum absolute atomic E-state index is 0.0656. The van der Waals surface area contributed by atoms with Gasteiger partial charge in [-0.15, -0.1) is 0 Å². The average Bonchev–Trinajstić information content (AvgIpc) is 2.25. The fourth-order valence-electron chi connectivity index (χ4n) is 1.14. The number of carbonyl (C=O) groups is 1. The average molecular weight is 299 g/mol. The molecule has 0 spiro atoms. The Hall–Kier alpha value is -1.23. The Morgan fingerprint density at radius 3 is 2.15 bits per heavy atom. The van der Waals surface area contributed by atoms with Crippen molar-refractivity contribution >= 4 is 14.2 Å². The Bertz CT molecular complexity index is 392. The van der Waals surface area contributed by atoms with Crippen LogP contribution in [0.3, 0.4) is 0 Å². The highest BCUT2D eigenvalue weighted by Gasteiger charge is 2.40. The SMILES string of the molecule is C=C(/C=C(\OCC)O[Si](C)(C)C(C)(C)C)C(=O)N(C)C. The fourth-order valence-corrected chi connectivity index (χ4v) is 2.07. The van der Waals surface area contributed by atoms with Crippen molar-refractivity contribution < 1.29 is 14.0 Å². The number of hydrogen-bond acceptors (Lipinski definition) is 3. The quantitative estimate of drug-likeness (QED) is 0.326. The highest BCUT2D eigenvalue weighted by Crippen LogP contribution is 2.38. The van der Waals surface area contributed by atoms with E-state index in [9.17, 15) is 4.79 Å². The molecule has 0 saturated heterocycles. The molecule has 20 heavy (non-hydrogen) atoms. The smallest absolute Gasteiger partial charge is 0.266 e. The van der Waals surface area contributed by atoms with Crippen LogP contribution in [-0.4, -0.2) is 39.8 Å². The molecule has 4 nitrogen and oxygen atoms in total. The first-order valence-electron chi connectivity index (χ1n) is 6.86. The molecular weight excluding hydrogens is 270 g/mol. The largest absolute Gasteiger partial charge is 0.519 e. The second kappa shape index (κ2) is 6.97. The standard InChI is InChI=1S/C15H29NO3Si/c1-10-18-13(11-12(2)14(17)16(6)7)19-20(8,9)15(3,4)5/h11H,2,10H2,1,3-9H3/b13-11+. The molecule has 0 atom stereocenters. The van der Waals surface area contributed by atoms with E-state index in [1.165, 1.54) is 4.90 Å². The zero-order valence-electron chi connectivity index (χ0n) is 14.2. The van der Waals surface area contributed by atoms with Crippen LogP contribution in [-0.2, 0) is 14.0 Å². The maximum Gasteiger partial charge on any atom is 0.266 e. The van der Waals surface area contributed by atoms with E-state index >= 15 is 0 Å². The van der Waals surface area contributed by atoms with Crippen molar-refractivity contribution in [3.63, 3.8) is 0 Å². The van der Waals surface area contributed by atoms with Gasteiger partial charge < -0.3 is 14.1 Å². The van der Waals surface area contributed by atoms with E-state index in [0.717, 1.165) is 0 Å². The Morgan fingerprint density at radius 1 is 1.30 bits per heavy atom. The van der Waals surface area contributed by atoms with Gasteiger partial charge >= 0.3 is 0 Å². The second-order valence-corrected chi connectivity index (χ2v) is 11.2. The van der Waals surface area contributed by atoms with Gasteiger partial charge in [-0.2, -0.15) is 0 Å². The van der Waals surface area contributed by atoms with Gasteiger partial charge in [-0.3, -0.25) is 4.79 Å².